The van der Waals surface area contributed by atoms with Gasteiger partial charge in [-0.05, 0) is 41.9 Å². The van der Waals surface area contributed by atoms with Gasteiger partial charge in [0.2, 0.25) is 5.13 Å². The first-order valence-corrected chi connectivity index (χ1v) is 8.78. The van der Waals surface area contributed by atoms with E-state index < -0.39 is 0 Å². The molecule has 0 saturated heterocycles. The fourth-order valence-electron chi connectivity index (χ4n) is 4.60. The second kappa shape index (κ2) is 3.80. The topological polar surface area (TPSA) is 30.7 Å². The van der Waals surface area contributed by atoms with Crippen LogP contribution in [-0.4, -0.2) is 14.8 Å². The highest BCUT2D eigenvalue weighted by Gasteiger charge is 2.61. The zero-order valence-electron chi connectivity index (χ0n) is 13.1. The Morgan fingerprint density at radius 2 is 2.05 bits per heavy atom. The highest BCUT2D eigenvalue weighted by Crippen LogP contribution is 2.67. The lowest BCUT2D eigenvalue weighted by atomic mass is 9.70. The van der Waals surface area contributed by atoms with Gasteiger partial charge in [0, 0.05) is 11.6 Å². The highest BCUT2D eigenvalue weighted by atomic mass is 32.1. The maximum Gasteiger partial charge on any atom is 0.211 e. The monoisotopic (exact) mass is 309 g/mol. The summed E-state index contributed by atoms with van der Waals surface area (Å²) >= 11 is 1.72. The second-order valence-corrected chi connectivity index (χ2v) is 8.50. The summed E-state index contributed by atoms with van der Waals surface area (Å²) < 4.78 is 3.24. The van der Waals surface area contributed by atoms with Gasteiger partial charge in [0.25, 0.3) is 0 Å². The Balaban J connectivity index is 1.67. The van der Waals surface area contributed by atoms with Crippen molar-refractivity contribution in [3.05, 3.63) is 41.7 Å². The first-order valence-electron chi connectivity index (χ1n) is 7.97. The van der Waals surface area contributed by atoms with Crippen LogP contribution in [0, 0.1) is 5.41 Å². The Hall–Kier alpha value is -1.68. The molecule has 0 amide bonds. The summed E-state index contributed by atoms with van der Waals surface area (Å²) in [5, 5.41) is 5.95. The minimum Gasteiger partial charge on any atom is -0.218 e. The zero-order valence-corrected chi connectivity index (χ0v) is 13.9. The summed E-state index contributed by atoms with van der Waals surface area (Å²) in [6.07, 6.45) is 4.79. The van der Waals surface area contributed by atoms with Gasteiger partial charge in [0.15, 0.2) is 0 Å². The van der Waals surface area contributed by atoms with Crippen LogP contribution in [0.15, 0.2) is 30.5 Å². The van der Waals surface area contributed by atoms with Crippen LogP contribution in [-0.2, 0) is 5.41 Å². The van der Waals surface area contributed by atoms with E-state index in [1.165, 1.54) is 28.8 Å². The largest absolute Gasteiger partial charge is 0.218 e. The quantitative estimate of drug-likeness (QED) is 0.654. The van der Waals surface area contributed by atoms with Crippen molar-refractivity contribution in [2.75, 3.05) is 0 Å². The van der Waals surface area contributed by atoms with Gasteiger partial charge in [-0.1, -0.05) is 44.2 Å². The fraction of sp³-hybridized carbons (Fsp3) is 0.444. The van der Waals surface area contributed by atoms with Gasteiger partial charge < -0.3 is 0 Å². The minimum absolute atomic E-state index is 0.217. The lowest BCUT2D eigenvalue weighted by Gasteiger charge is -2.34. The number of benzene rings is 1. The number of rotatable bonds is 1. The molecule has 0 aliphatic heterocycles. The molecule has 2 heterocycles. The van der Waals surface area contributed by atoms with Crippen molar-refractivity contribution in [3.63, 3.8) is 0 Å². The molecule has 112 valence electrons. The van der Waals surface area contributed by atoms with Gasteiger partial charge in [-0.2, -0.15) is 5.10 Å². The van der Waals surface area contributed by atoms with Crippen LogP contribution in [0.1, 0.15) is 50.8 Å². The Morgan fingerprint density at radius 1 is 1.23 bits per heavy atom. The normalized spacial score (nSPS) is 28.4. The molecule has 0 N–H and O–H groups in total. The van der Waals surface area contributed by atoms with E-state index in [4.69, 9.17) is 10.1 Å². The standard InChI is InChI=1S/C18H19N3S/c1-17(2)12-8-9-18(17,3)15-11(12)10-21(20-15)16-19-13-6-4-5-7-14(13)22-16/h4-7,10,12H,8-9H2,1-3H3/t12-,18+/m1/s1. The fourth-order valence-corrected chi connectivity index (χ4v) is 5.49. The first kappa shape index (κ1) is 12.8. The molecule has 2 aliphatic rings. The summed E-state index contributed by atoms with van der Waals surface area (Å²) in [5.74, 6) is 0.649. The van der Waals surface area contributed by atoms with Gasteiger partial charge in [-0.15, -0.1) is 0 Å². The van der Waals surface area contributed by atoms with Crippen LogP contribution < -0.4 is 0 Å². The third-order valence-electron chi connectivity index (χ3n) is 6.35. The van der Waals surface area contributed by atoms with E-state index in [2.05, 4.69) is 45.2 Å². The molecule has 2 aliphatic carbocycles. The summed E-state index contributed by atoms with van der Waals surface area (Å²) in [6, 6.07) is 8.30. The predicted octanol–water partition coefficient (Wildman–Crippen LogP) is 4.66. The number of hydrogen-bond acceptors (Lipinski definition) is 3. The molecule has 4 heteroatoms. The predicted molar refractivity (Wildman–Crippen MR) is 89.9 cm³/mol. The molecule has 2 atom stereocenters. The zero-order chi connectivity index (χ0) is 15.1. The van der Waals surface area contributed by atoms with Crippen molar-refractivity contribution >= 4 is 21.6 Å². The van der Waals surface area contributed by atoms with Crippen molar-refractivity contribution in [3.8, 4) is 5.13 Å². The molecule has 5 rings (SSSR count). The van der Waals surface area contributed by atoms with Gasteiger partial charge in [-0.25, -0.2) is 9.67 Å². The third kappa shape index (κ3) is 1.33. The van der Waals surface area contributed by atoms with Gasteiger partial charge in [0.1, 0.15) is 0 Å². The van der Waals surface area contributed by atoms with Gasteiger partial charge >= 0.3 is 0 Å². The molecule has 0 unspecified atom stereocenters. The SMILES string of the molecule is CC1(C)[C@@H]2CC[C@@]1(C)c1nn(-c3nc4ccccc4s3)cc12. The van der Waals surface area contributed by atoms with Crippen molar-refractivity contribution < 1.29 is 0 Å². The number of fused-ring (bicyclic) bond motifs is 6. The van der Waals surface area contributed by atoms with Crippen LogP contribution in [0.4, 0.5) is 0 Å². The summed E-state index contributed by atoms with van der Waals surface area (Å²) in [5.41, 5.74) is 4.38. The average Bonchev–Trinajstić information content (AvgIpc) is 3.18. The number of nitrogens with zero attached hydrogens (tertiary/aromatic N) is 3. The van der Waals surface area contributed by atoms with E-state index in [1.54, 1.807) is 11.3 Å². The molecule has 3 aromatic rings. The Labute approximate surface area is 134 Å². The number of para-hydroxylation sites is 1. The Morgan fingerprint density at radius 3 is 2.82 bits per heavy atom. The summed E-state index contributed by atoms with van der Waals surface area (Å²) in [7, 11) is 0. The number of thiazole rings is 1. The molecule has 1 aromatic carbocycles. The molecule has 3 nitrogen and oxygen atoms in total. The molecule has 0 spiro atoms. The molecule has 22 heavy (non-hydrogen) atoms. The van der Waals surface area contributed by atoms with Crippen molar-refractivity contribution in [1.29, 1.82) is 0 Å². The lowest BCUT2D eigenvalue weighted by molar-refractivity contribution is 0.224. The highest BCUT2D eigenvalue weighted by molar-refractivity contribution is 7.20. The summed E-state index contributed by atoms with van der Waals surface area (Å²) in [4.78, 5) is 4.74. The molecule has 0 radical (unpaired) electrons. The number of aromatic nitrogens is 3. The van der Waals surface area contributed by atoms with E-state index >= 15 is 0 Å². The lowest BCUT2D eigenvalue weighted by Crippen LogP contribution is -2.32. The van der Waals surface area contributed by atoms with E-state index in [0.717, 1.165) is 10.6 Å². The Kier molecular flexibility index (Phi) is 2.21. The van der Waals surface area contributed by atoms with E-state index in [9.17, 15) is 0 Å². The minimum atomic E-state index is 0.217. The molecule has 2 bridgehead atoms. The first-order chi connectivity index (χ1) is 10.5. The van der Waals surface area contributed by atoms with Gasteiger partial charge in [-0.3, -0.25) is 0 Å². The smallest absolute Gasteiger partial charge is 0.211 e. The van der Waals surface area contributed by atoms with Crippen LogP contribution in [0.3, 0.4) is 0 Å². The van der Waals surface area contributed by atoms with Crippen molar-refractivity contribution in [1.82, 2.24) is 14.8 Å². The second-order valence-electron chi connectivity index (χ2n) is 7.49. The Bertz CT molecular complexity index is 871. The molecular formula is C18H19N3S. The van der Waals surface area contributed by atoms with E-state index in [0.29, 0.717) is 11.3 Å². The van der Waals surface area contributed by atoms with E-state index in [-0.39, 0.29) is 5.41 Å². The maximum atomic E-state index is 4.97. The molecule has 1 saturated carbocycles. The third-order valence-corrected chi connectivity index (χ3v) is 7.37. The number of hydrogen-bond donors (Lipinski definition) is 0. The van der Waals surface area contributed by atoms with Crippen LogP contribution in [0.5, 0.6) is 0 Å². The van der Waals surface area contributed by atoms with Crippen molar-refractivity contribution in [2.24, 2.45) is 5.41 Å². The summed E-state index contributed by atoms with van der Waals surface area (Å²) in [6.45, 7) is 7.22. The van der Waals surface area contributed by atoms with E-state index in [1.807, 2.05) is 10.7 Å². The average molecular weight is 309 g/mol. The van der Waals surface area contributed by atoms with Crippen LogP contribution in [0.2, 0.25) is 0 Å². The van der Waals surface area contributed by atoms with Crippen LogP contribution >= 0.6 is 11.3 Å². The van der Waals surface area contributed by atoms with Gasteiger partial charge in [0.05, 0.1) is 15.9 Å². The van der Waals surface area contributed by atoms with Crippen LogP contribution in [0.25, 0.3) is 15.3 Å². The van der Waals surface area contributed by atoms with Crippen molar-refractivity contribution in [2.45, 2.75) is 44.9 Å². The molecule has 2 aromatic heterocycles. The molecule has 1 fully saturated rings. The maximum absolute atomic E-state index is 4.97. The molecular weight excluding hydrogens is 290 g/mol.